The molecule has 0 bridgehead atoms. The molecule has 0 heterocycles. The number of aryl methyl sites for hydroxylation is 3. The molecule has 0 saturated carbocycles. The maximum absolute atomic E-state index is 9.62. The number of phenolic OH excluding ortho intramolecular Hbond substituents is 1. The first-order chi connectivity index (χ1) is 8.56. The number of anilines is 1. The molecule has 0 fully saturated rings. The fraction of sp³-hybridized carbons (Fsp3) is 0.250. The van der Waals surface area contributed by atoms with Crippen LogP contribution in [0.1, 0.15) is 22.3 Å². The van der Waals surface area contributed by atoms with E-state index in [2.05, 4.69) is 36.5 Å². The van der Waals surface area contributed by atoms with Crippen molar-refractivity contribution in [2.45, 2.75) is 27.3 Å². The zero-order valence-electron chi connectivity index (χ0n) is 11.1. The molecule has 2 heteroatoms. The standard InChI is InChI=1S/C16H19NO/c1-11-5-4-6-14(7-11)10-17-15-8-13(3)16(18)9-12(15)2/h4-9,17-18H,10H2,1-3H3. The molecule has 2 aromatic carbocycles. The average Bonchev–Trinajstić information content (AvgIpc) is 2.32. The number of nitrogens with one attached hydrogen (secondary N) is 1. The van der Waals surface area contributed by atoms with E-state index >= 15 is 0 Å². The molecule has 2 aromatic rings. The molecule has 0 saturated heterocycles. The first kappa shape index (κ1) is 12.5. The molecular formula is C16H19NO. The summed E-state index contributed by atoms with van der Waals surface area (Å²) in [5.41, 5.74) is 5.57. The number of aromatic hydroxyl groups is 1. The average molecular weight is 241 g/mol. The Morgan fingerprint density at radius 3 is 2.50 bits per heavy atom. The predicted molar refractivity (Wildman–Crippen MR) is 76.1 cm³/mol. The van der Waals surface area contributed by atoms with E-state index in [1.165, 1.54) is 11.1 Å². The highest BCUT2D eigenvalue weighted by Crippen LogP contribution is 2.25. The highest BCUT2D eigenvalue weighted by atomic mass is 16.3. The number of phenols is 1. The van der Waals surface area contributed by atoms with E-state index in [0.717, 1.165) is 23.4 Å². The van der Waals surface area contributed by atoms with Crippen LogP contribution in [0.15, 0.2) is 36.4 Å². The number of hydrogen-bond donors (Lipinski definition) is 2. The van der Waals surface area contributed by atoms with Gasteiger partial charge in [-0.3, -0.25) is 0 Å². The Labute approximate surface area is 108 Å². The molecule has 2 nitrogen and oxygen atoms in total. The summed E-state index contributed by atoms with van der Waals surface area (Å²) in [5, 5.41) is 13.0. The molecule has 0 amide bonds. The van der Waals surface area contributed by atoms with E-state index < -0.39 is 0 Å². The summed E-state index contributed by atoms with van der Waals surface area (Å²) in [6.07, 6.45) is 0. The summed E-state index contributed by atoms with van der Waals surface area (Å²) in [4.78, 5) is 0. The summed E-state index contributed by atoms with van der Waals surface area (Å²) in [6.45, 7) is 6.80. The lowest BCUT2D eigenvalue weighted by molar-refractivity contribution is 0.471. The van der Waals surface area contributed by atoms with Crippen LogP contribution in [0.25, 0.3) is 0 Å². The van der Waals surface area contributed by atoms with Crippen LogP contribution in [-0.4, -0.2) is 5.11 Å². The van der Waals surface area contributed by atoms with Crippen molar-refractivity contribution in [2.75, 3.05) is 5.32 Å². The molecule has 0 aliphatic heterocycles. The Hall–Kier alpha value is -1.96. The van der Waals surface area contributed by atoms with Crippen molar-refractivity contribution in [1.29, 1.82) is 0 Å². The van der Waals surface area contributed by atoms with Crippen molar-refractivity contribution in [3.63, 3.8) is 0 Å². The molecule has 0 radical (unpaired) electrons. The van der Waals surface area contributed by atoms with Gasteiger partial charge >= 0.3 is 0 Å². The van der Waals surface area contributed by atoms with Gasteiger partial charge in [0.2, 0.25) is 0 Å². The summed E-state index contributed by atoms with van der Waals surface area (Å²) in [6, 6.07) is 12.2. The molecule has 2 N–H and O–H groups in total. The minimum Gasteiger partial charge on any atom is -0.508 e. The summed E-state index contributed by atoms with van der Waals surface area (Å²) < 4.78 is 0. The quantitative estimate of drug-likeness (QED) is 0.798. The topological polar surface area (TPSA) is 32.3 Å². The monoisotopic (exact) mass is 241 g/mol. The van der Waals surface area contributed by atoms with Crippen molar-refractivity contribution in [3.8, 4) is 5.75 Å². The Kier molecular flexibility index (Phi) is 3.56. The van der Waals surface area contributed by atoms with Gasteiger partial charge in [-0.15, -0.1) is 0 Å². The van der Waals surface area contributed by atoms with Crippen molar-refractivity contribution >= 4 is 5.69 Å². The minimum absolute atomic E-state index is 0.355. The second-order valence-corrected chi connectivity index (χ2v) is 4.80. The highest BCUT2D eigenvalue weighted by molar-refractivity contribution is 5.56. The first-order valence-electron chi connectivity index (χ1n) is 6.16. The van der Waals surface area contributed by atoms with Crippen LogP contribution in [0, 0.1) is 20.8 Å². The van der Waals surface area contributed by atoms with Crippen molar-refractivity contribution in [2.24, 2.45) is 0 Å². The van der Waals surface area contributed by atoms with E-state index in [1.54, 1.807) is 6.07 Å². The molecule has 0 aliphatic rings. The van der Waals surface area contributed by atoms with Gasteiger partial charge in [0, 0.05) is 12.2 Å². The fourth-order valence-electron chi connectivity index (χ4n) is 2.01. The van der Waals surface area contributed by atoms with Crippen LogP contribution in [0.3, 0.4) is 0 Å². The lowest BCUT2D eigenvalue weighted by atomic mass is 10.1. The molecule has 18 heavy (non-hydrogen) atoms. The molecule has 0 unspecified atom stereocenters. The Morgan fingerprint density at radius 1 is 1.00 bits per heavy atom. The van der Waals surface area contributed by atoms with Crippen LogP contribution in [0.2, 0.25) is 0 Å². The summed E-state index contributed by atoms with van der Waals surface area (Å²) in [5.74, 6) is 0.355. The second-order valence-electron chi connectivity index (χ2n) is 4.80. The maximum atomic E-state index is 9.62. The van der Waals surface area contributed by atoms with Crippen molar-refractivity contribution in [1.82, 2.24) is 0 Å². The number of hydrogen-bond acceptors (Lipinski definition) is 2. The van der Waals surface area contributed by atoms with E-state index in [4.69, 9.17) is 0 Å². The van der Waals surface area contributed by atoms with Gasteiger partial charge in [-0.05, 0) is 49.6 Å². The normalized spacial score (nSPS) is 10.4. The fourth-order valence-corrected chi connectivity index (χ4v) is 2.01. The molecule has 2 rings (SSSR count). The van der Waals surface area contributed by atoms with Gasteiger partial charge in [0.25, 0.3) is 0 Å². The molecule has 0 aromatic heterocycles. The van der Waals surface area contributed by atoms with Gasteiger partial charge in [-0.25, -0.2) is 0 Å². The zero-order chi connectivity index (χ0) is 13.1. The smallest absolute Gasteiger partial charge is 0.118 e. The lowest BCUT2D eigenvalue weighted by Gasteiger charge is -2.12. The SMILES string of the molecule is Cc1cccc(CNc2cc(C)c(O)cc2C)c1. The van der Waals surface area contributed by atoms with Gasteiger partial charge in [-0.2, -0.15) is 0 Å². The van der Waals surface area contributed by atoms with Gasteiger partial charge in [0.15, 0.2) is 0 Å². The Morgan fingerprint density at radius 2 is 1.78 bits per heavy atom. The van der Waals surface area contributed by atoms with Crippen LogP contribution < -0.4 is 5.32 Å². The van der Waals surface area contributed by atoms with Crippen LogP contribution >= 0.6 is 0 Å². The maximum Gasteiger partial charge on any atom is 0.118 e. The van der Waals surface area contributed by atoms with Gasteiger partial charge in [0.1, 0.15) is 5.75 Å². The van der Waals surface area contributed by atoms with E-state index in [0.29, 0.717) is 5.75 Å². The molecule has 0 aliphatic carbocycles. The van der Waals surface area contributed by atoms with E-state index in [9.17, 15) is 5.11 Å². The van der Waals surface area contributed by atoms with Crippen LogP contribution in [-0.2, 0) is 6.54 Å². The first-order valence-corrected chi connectivity index (χ1v) is 6.16. The van der Waals surface area contributed by atoms with E-state index in [-0.39, 0.29) is 0 Å². The third kappa shape index (κ3) is 2.83. The van der Waals surface area contributed by atoms with Crippen LogP contribution in [0.4, 0.5) is 5.69 Å². The third-order valence-corrected chi connectivity index (χ3v) is 3.11. The predicted octanol–water partition coefficient (Wildman–Crippen LogP) is 3.93. The molecular weight excluding hydrogens is 222 g/mol. The lowest BCUT2D eigenvalue weighted by Crippen LogP contribution is -2.01. The Bertz CT molecular complexity index is 561. The highest BCUT2D eigenvalue weighted by Gasteiger charge is 2.03. The molecule has 94 valence electrons. The molecule has 0 spiro atoms. The summed E-state index contributed by atoms with van der Waals surface area (Å²) in [7, 11) is 0. The zero-order valence-corrected chi connectivity index (χ0v) is 11.1. The van der Waals surface area contributed by atoms with Crippen molar-refractivity contribution in [3.05, 3.63) is 58.7 Å². The second kappa shape index (κ2) is 5.13. The van der Waals surface area contributed by atoms with Gasteiger partial charge in [0.05, 0.1) is 0 Å². The van der Waals surface area contributed by atoms with Gasteiger partial charge < -0.3 is 10.4 Å². The van der Waals surface area contributed by atoms with E-state index in [1.807, 2.05) is 19.9 Å². The largest absolute Gasteiger partial charge is 0.508 e. The van der Waals surface area contributed by atoms with Gasteiger partial charge in [-0.1, -0.05) is 29.8 Å². The van der Waals surface area contributed by atoms with Crippen molar-refractivity contribution < 1.29 is 5.11 Å². The third-order valence-electron chi connectivity index (χ3n) is 3.11. The summed E-state index contributed by atoms with van der Waals surface area (Å²) >= 11 is 0. The minimum atomic E-state index is 0.355. The Balaban J connectivity index is 2.13. The molecule has 0 atom stereocenters. The van der Waals surface area contributed by atoms with Crippen LogP contribution in [0.5, 0.6) is 5.75 Å². The number of rotatable bonds is 3. The number of benzene rings is 2.